The predicted molar refractivity (Wildman–Crippen MR) is 146 cm³/mol. The number of nitrogen functional groups attached to an aromatic ring is 1. The van der Waals surface area contributed by atoms with Crippen molar-refractivity contribution in [2.45, 2.75) is 31.8 Å². The van der Waals surface area contributed by atoms with Gasteiger partial charge in [0, 0.05) is 42.5 Å². The number of carbonyl (C=O) groups is 1. The molecule has 4 heterocycles. The van der Waals surface area contributed by atoms with E-state index in [1.807, 2.05) is 21.7 Å². The van der Waals surface area contributed by atoms with E-state index in [0.717, 1.165) is 60.6 Å². The van der Waals surface area contributed by atoms with Crippen molar-refractivity contribution in [3.8, 4) is 11.3 Å². The van der Waals surface area contributed by atoms with Crippen LogP contribution in [0.15, 0.2) is 61.4 Å². The zero-order chi connectivity index (χ0) is 25.5. The number of aromatic nitrogens is 4. The second-order valence-corrected chi connectivity index (χ2v) is 10.0. The van der Waals surface area contributed by atoms with Crippen molar-refractivity contribution in [1.29, 1.82) is 0 Å². The first-order valence-electron chi connectivity index (χ1n) is 12.5. The Labute approximate surface area is 220 Å². The molecule has 1 amide bonds. The molecule has 2 N–H and O–H groups in total. The molecule has 2 aromatic carbocycles. The number of hydrogen-bond acceptors (Lipinski definition) is 6. The maximum atomic E-state index is 12.3. The van der Waals surface area contributed by atoms with Crippen LogP contribution in [0, 0.1) is 0 Å². The van der Waals surface area contributed by atoms with Crippen LogP contribution in [0.2, 0.25) is 5.02 Å². The van der Waals surface area contributed by atoms with Gasteiger partial charge >= 0.3 is 0 Å². The minimum absolute atomic E-state index is 0.00420. The third-order valence-electron chi connectivity index (χ3n) is 7.41. The van der Waals surface area contributed by atoms with Crippen molar-refractivity contribution < 1.29 is 4.79 Å². The van der Waals surface area contributed by atoms with E-state index >= 15 is 0 Å². The van der Waals surface area contributed by atoms with Crippen molar-refractivity contribution in [3.63, 3.8) is 0 Å². The van der Waals surface area contributed by atoms with E-state index in [4.69, 9.17) is 22.4 Å². The lowest BCUT2D eigenvalue weighted by Crippen LogP contribution is -2.40. The molecule has 0 aliphatic carbocycles. The molecule has 37 heavy (non-hydrogen) atoms. The maximum absolute atomic E-state index is 12.3. The Hall–Kier alpha value is -3.91. The van der Waals surface area contributed by atoms with Gasteiger partial charge in [-0.2, -0.15) is 5.10 Å². The zero-order valence-corrected chi connectivity index (χ0v) is 21.2. The van der Waals surface area contributed by atoms with Gasteiger partial charge in [-0.3, -0.25) is 4.79 Å². The predicted octanol–water partition coefficient (Wildman–Crippen LogP) is 4.64. The summed E-state index contributed by atoms with van der Waals surface area (Å²) in [5.74, 6) is 0.338. The van der Waals surface area contributed by atoms with Crippen molar-refractivity contribution >= 4 is 40.0 Å². The quantitative estimate of drug-likeness (QED) is 0.391. The molecule has 4 aromatic rings. The molecule has 2 aromatic heterocycles. The number of likely N-dealkylation sites (tertiary alicyclic amines) is 1. The van der Waals surface area contributed by atoms with Gasteiger partial charge in [0.05, 0.1) is 11.4 Å². The Kier molecular flexibility index (Phi) is 6.04. The van der Waals surface area contributed by atoms with Crippen LogP contribution in [-0.4, -0.2) is 50.2 Å². The van der Waals surface area contributed by atoms with Gasteiger partial charge in [-0.25, -0.2) is 14.6 Å². The van der Waals surface area contributed by atoms with Gasteiger partial charge in [-0.15, -0.1) is 0 Å². The summed E-state index contributed by atoms with van der Waals surface area (Å²) in [6.07, 6.45) is 5.60. The number of benzene rings is 2. The van der Waals surface area contributed by atoms with Crippen LogP contribution in [0.1, 0.15) is 30.0 Å². The molecule has 6 rings (SSSR count). The maximum Gasteiger partial charge on any atom is 0.246 e. The number of piperidine rings is 1. The van der Waals surface area contributed by atoms with Gasteiger partial charge in [0.15, 0.2) is 5.65 Å². The lowest BCUT2D eigenvalue weighted by molar-refractivity contribution is -0.127. The van der Waals surface area contributed by atoms with E-state index in [-0.39, 0.29) is 11.9 Å². The fourth-order valence-corrected chi connectivity index (χ4v) is 5.81. The molecule has 188 valence electrons. The number of fused-ring (bicyclic) bond motifs is 2. The highest BCUT2D eigenvalue weighted by Crippen LogP contribution is 2.36. The third-order valence-corrected chi connectivity index (χ3v) is 7.77. The van der Waals surface area contributed by atoms with Crippen LogP contribution in [0.4, 0.5) is 11.5 Å². The number of halogens is 1. The minimum Gasteiger partial charge on any atom is -0.383 e. The lowest BCUT2D eigenvalue weighted by Gasteiger charge is -2.32. The normalized spacial score (nSPS) is 17.3. The number of rotatable bonds is 5. The second-order valence-electron chi connectivity index (χ2n) is 9.64. The average Bonchev–Trinajstić information content (AvgIpc) is 3.52. The van der Waals surface area contributed by atoms with Gasteiger partial charge in [-0.1, -0.05) is 48.5 Å². The number of nitrogens with zero attached hydrogens (tertiary/aromatic N) is 6. The summed E-state index contributed by atoms with van der Waals surface area (Å²) in [5.41, 5.74) is 12.4. The lowest BCUT2D eigenvalue weighted by atomic mass is 10.1. The highest BCUT2D eigenvalue weighted by Gasteiger charge is 2.28. The van der Waals surface area contributed by atoms with Gasteiger partial charge in [0.1, 0.15) is 17.8 Å². The summed E-state index contributed by atoms with van der Waals surface area (Å²) < 4.78 is 1.92. The first-order valence-corrected chi connectivity index (χ1v) is 12.9. The molecule has 0 bridgehead atoms. The largest absolute Gasteiger partial charge is 0.383 e. The van der Waals surface area contributed by atoms with Gasteiger partial charge in [0.25, 0.3) is 0 Å². The van der Waals surface area contributed by atoms with Crippen LogP contribution < -0.4 is 10.6 Å². The van der Waals surface area contributed by atoms with Crippen LogP contribution in [0.5, 0.6) is 0 Å². The van der Waals surface area contributed by atoms with Crippen LogP contribution in [-0.2, 0) is 17.8 Å². The summed E-state index contributed by atoms with van der Waals surface area (Å²) >= 11 is 6.40. The Morgan fingerprint density at radius 3 is 2.81 bits per heavy atom. The molecule has 2 aliphatic heterocycles. The number of nitrogens with two attached hydrogens (primary N) is 1. The highest BCUT2D eigenvalue weighted by atomic mass is 35.5. The summed E-state index contributed by atoms with van der Waals surface area (Å²) in [7, 11) is 0. The topological polar surface area (TPSA) is 93.2 Å². The molecule has 1 fully saturated rings. The van der Waals surface area contributed by atoms with Gasteiger partial charge in [-0.05, 0) is 48.6 Å². The molecule has 0 spiro atoms. The van der Waals surface area contributed by atoms with E-state index < -0.39 is 0 Å². The average molecular weight is 514 g/mol. The van der Waals surface area contributed by atoms with Crippen LogP contribution >= 0.6 is 11.6 Å². The zero-order valence-electron chi connectivity index (χ0n) is 20.5. The molecule has 0 saturated carbocycles. The SMILES string of the molecule is C=CC(=O)N1CCCC(n2nc(-c3ccc(CN4CCc5c(Cl)cccc54)cc3)c3c(N)ncnc32)C1. The van der Waals surface area contributed by atoms with E-state index in [1.54, 1.807) is 0 Å². The van der Waals surface area contributed by atoms with Gasteiger partial charge < -0.3 is 15.5 Å². The number of hydrogen-bond donors (Lipinski definition) is 1. The molecular formula is C28H28ClN7O. The molecular weight excluding hydrogens is 486 g/mol. The summed E-state index contributed by atoms with van der Waals surface area (Å²) in [6, 6.07) is 14.5. The molecule has 9 heteroatoms. The van der Waals surface area contributed by atoms with E-state index in [0.29, 0.717) is 18.0 Å². The van der Waals surface area contributed by atoms with E-state index in [1.165, 1.54) is 29.2 Å². The Balaban J connectivity index is 1.30. The van der Waals surface area contributed by atoms with Crippen LogP contribution in [0.25, 0.3) is 22.3 Å². The smallest absolute Gasteiger partial charge is 0.246 e. The molecule has 2 aliphatic rings. The molecule has 0 radical (unpaired) electrons. The highest BCUT2D eigenvalue weighted by molar-refractivity contribution is 6.31. The van der Waals surface area contributed by atoms with Gasteiger partial charge in [0.2, 0.25) is 5.91 Å². The molecule has 1 saturated heterocycles. The first kappa shape index (κ1) is 23.5. The summed E-state index contributed by atoms with van der Waals surface area (Å²) in [4.78, 5) is 25.2. The summed E-state index contributed by atoms with van der Waals surface area (Å²) in [6.45, 7) is 6.68. The molecule has 8 nitrogen and oxygen atoms in total. The fourth-order valence-electron chi connectivity index (χ4n) is 5.55. The summed E-state index contributed by atoms with van der Waals surface area (Å²) in [5, 5.41) is 6.56. The number of amides is 1. The van der Waals surface area contributed by atoms with E-state index in [9.17, 15) is 4.79 Å². The fraction of sp³-hybridized carbons (Fsp3) is 0.286. The van der Waals surface area contributed by atoms with Crippen molar-refractivity contribution in [2.75, 3.05) is 30.3 Å². The third kappa shape index (κ3) is 4.21. The number of anilines is 2. The minimum atomic E-state index is -0.0611. The van der Waals surface area contributed by atoms with Crippen molar-refractivity contribution in [1.82, 2.24) is 24.6 Å². The van der Waals surface area contributed by atoms with Crippen LogP contribution in [0.3, 0.4) is 0 Å². The van der Waals surface area contributed by atoms with Crippen molar-refractivity contribution in [2.24, 2.45) is 0 Å². The Morgan fingerprint density at radius 2 is 2.00 bits per heavy atom. The first-order chi connectivity index (χ1) is 18.0. The molecule has 1 unspecified atom stereocenters. The Morgan fingerprint density at radius 1 is 1.16 bits per heavy atom. The monoisotopic (exact) mass is 513 g/mol. The number of carbonyl (C=O) groups excluding carboxylic acids is 1. The standard InChI is InChI=1S/C28H28ClN7O/c1-2-24(37)35-13-4-5-20(16-35)36-28-25(27(30)31-17-32-28)26(33-36)19-10-8-18(9-11-19)15-34-14-12-21-22(29)6-3-7-23(21)34/h2-3,6-11,17,20H,1,4-5,12-16H2,(H2,30,31,32). The van der Waals surface area contributed by atoms with E-state index in [2.05, 4.69) is 51.8 Å². The second kappa shape index (κ2) is 9.52. The molecule has 1 atom stereocenters. The Bertz CT molecular complexity index is 1500. The van der Waals surface area contributed by atoms with Crippen molar-refractivity contribution in [3.05, 3.63) is 77.6 Å².